The van der Waals surface area contributed by atoms with E-state index in [0.29, 0.717) is 43.4 Å². The van der Waals surface area contributed by atoms with Gasteiger partial charge in [0.25, 0.3) is 11.2 Å². The van der Waals surface area contributed by atoms with Crippen molar-refractivity contribution in [3.8, 4) is 22.8 Å². The average Bonchev–Trinajstić information content (AvgIpc) is 3.56. The minimum atomic E-state index is -0.882. The Balaban J connectivity index is 1.67. The van der Waals surface area contributed by atoms with Crippen LogP contribution in [0.15, 0.2) is 80.1 Å². The standard InChI is InChI=1S/C29H25N3O8S/c1-5-39-28(34)25-16(2)30-29-31(26(25)20-12-10-17(37-3)14-23(20)38-4)27(33)24(41-29)15-18-11-13-22(40-18)19-8-6-7-9-21(19)32(35)36/h6-15,26H,5H2,1-4H3. The fraction of sp³-hybridized carbons (Fsp3) is 0.207. The number of nitrogens with zero attached hydrogens (tertiary/aromatic N) is 3. The van der Waals surface area contributed by atoms with Gasteiger partial charge in [-0.1, -0.05) is 23.5 Å². The number of thiazole rings is 1. The minimum absolute atomic E-state index is 0.0943. The lowest BCUT2D eigenvalue weighted by molar-refractivity contribution is -0.384. The number of esters is 1. The number of allylic oxidation sites excluding steroid dienone is 1. The zero-order valence-electron chi connectivity index (χ0n) is 22.6. The van der Waals surface area contributed by atoms with Crippen LogP contribution in [-0.4, -0.2) is 36.3 Å². The van der Waals surface area contributed by atoms with Crippen LogP contribution in [0.1, 0.15) is 31.2 Å². The molecule has 4 aromatic rings. The first-order valence-corrected chi connectivity index (χ1v) is 13.3. The number of aromatic nitrogens is 1. The SMILES string of the molecule is CCOC(=O)C1=C(C)N=c2sc(=Cc3ccc(-c4ccccc4[N+](=O)[O-])o3)c(=O)n2C1c1ccc(OC)cc1OC. The van der Waals surface area contributed by atoms with Gasteiger partial charge in [-0.25, -0.2) is 9.79 Å². The van der Waals surface area contributed by atoms with Crippen LogP contribution in [0.25, 0.3) is 17.4 Å². The summed E-state index contributed by atoms with van der Waals surface area (Å²) in [6.07, 6.45) is 1.55. The Morgan fingerprint density at radius 1 is 1.17 bits per heavy atom. The number of carbonyl (C=O) groups is 1. The van der Waals surface area contributed by atoms with Crippen molar-refractivity contribution >= 4 is 29.1 Å². The lowest BCUT2D eigenvalue weighted by Gasteiger charge is -2.26. The summed E-state index contributed by atoms with van der Waals surface area (Å²) in [6, 6.07) is 13.7. The van der Waals surface area contributed by atoms with Crippen LogP contribution in [0.5, 0.6) is 11.5 Å². The van der Waals surface area contributed by atoms with Crippen LogP contribution in [0.2, 0.25) is 0 Å². The Kier molecular flexibility index (Phi) is 7.58. The number of hydrogen-bond acceptors (Lipinski definition) is 10. The van der Waals surface area contributed by atoms with Gasteiger partial charge in [0.15, 0.2) is 4.80 Å². The number of ether oxygens (including phenoxy) is 3. The molecule has 0 spiro atoms. The lowest BCUT2D eigenvalue weighted by atomic mass is 9.95. The number of methoxy groups -OCH3 is 2. The van der Waals surface area contributed by atoms with Crippen molar-refractivity contribution in [3.63, 3.8) is 0 Å². The summed E-state index contributed by atoms with van der Waals surface area (Å²) in [5.74, 6) is 0.983. The predicted molar refractivity (Wildman–Crippen MR) is 151 cm³/mol. The highest BCUT2D eigenvalue weighted by molar-refractivity contribution is 7.07. The number of fused-ring (bicyclic) bond motifs is 1. The molecule has 41 heavy (non-hydrogen) atoms. The Morgan fingerprint density at radius 3 is 2.66 bits per heavy atom. The van der Waals surface area contributed by atoms with Gasteiger partial charge < -0.3 is 18.6 Å². The average molecular weight is 576 g/mol. The van der Waals surface area contributed by atoms with Gasteiger partial charge >= 0.3 is 5.97 Å². The topological polar surface area (TPSA) is 135 Å². The molecule has 1 atom stereocenters. The molecular formula is C29H25N3O8S. The van der Waals surface area contributed by atoms with Crippen LogP contribution in [0, 0.1) is 10.1 Å². The largest absolute Gasteiger partial charge is 0.497 e. The maximum Gasteiger partial charge on any atom is 0.338 e. The number of furan rings is 1. The second kappa shape index (κ2) is 11.3. The minimum Gasteiger partial charge on any atom is -0.497 e. The molecule has 0 saturated carbocycles. The van der Waals surface area contributed by atoms with Crippen LogP contribution >= 0.6 is 11.3 Å². The Morgan fingerprint density at radius 2 is 1.95 bits per heavy atom. The molecule has 3 heterocycles. The number of rotatable bonds is 8. The van der Waals surface area contributed by atoms with Crippen molar-refractivity contribution in [2.75, 3.05) is 20.8 Å². The molecule has 0 fully saturated rings. The first-order valence-electron chi connectivity index (χ1n) is 12.5. The maximum absolute atomic E-state index is 13.9. The molecule has 0 saturated heterocycles. The molecule has 1 aliphatic heterocycles. The molecule has 2 aromatic heterocycles. The molecule has 11 nitrogen and oxygen atoms in total. The summed E-state index contributed by atoms with van der Waals surface area (Å²) in [7, 11) is 3.02. The molecular weight excluding hydrogens is 550 g/mol. The van der Waals surface area contributed by atoms with Gasteiger partial charge in [0.05, 0.1) is 47.1 Å². The summed E-state index contributed by atoms with van der Waals surface area (Å²) >= 11 is 1.13. The molecule has 12 heteroatoms. The monoisotopic (exact) mass is 575 g/mol. The molecule has 0 amide bonds. The van der Waals surface area contributed by atoms with Gasteiger partial charge in [0.1, 0.15) is 29.1 Å². The van der Waals surface area contributed by atoms with E-state index in [4.69, 9.17) is 18.6 Å². The quantitative estimate of drug-likeness (QED) is 0.175. The molecule has 1 unspecified atom stereocenters. The van der Waals surface area contributed by atoms with Crippen molar-refractivity contribution in [2.24, 2.45) is 4.99 Å². The van der Waals surface area contributed by atoms with Gasteiger partial charge in [0, 0.05) is 23.8 Å². The van der Waals surface area contributed by atoms with Crippen LogP contribution in [0.4, 0.5) is 5.69 Å². The summed E-state index contributed by atoms with van der Waals surface area (Å²) < 4.78 is 23.9. The fourth-order valence-electron chi connectivity index (χ4n) is 4.68. The molecule has 1 aliphatic rings. The number of carbonyl (C=O) groups excluding carboxylic acids is 1. The van der Waals surface area contributed by atoms with E-state index in [9.17, 15) is 19.7 Å². The lowest BCUT2D eigenvalue weighted by Crippen LogP contribution is -2.40. The highest BCUT2D eigenvalue weighted by Crippen LogP contribution is 2.37. The van der Waals surface area contributed by atoms with Crippen molar-refractivity contribution in [3.05, 3.63) is 107 Å². The van der Waals surface area contributed by atoms with E-state index in [0.717, 1.165) is 11.3 Å². The third kappa shape index (κ3) is 5.05. The van der Waals surface area contributed by atoms with Crippen LogP contribution in [0.3, 0.4) is 0 Å². The van der Waals surface area contributed by atoms with Crippen LogP contribution in [-0.2, 0) is 9.53 Å². The first-order chi connectivity index (χ1) is 19.8. The van der Waals surface area contributed by atoms with Gasteiger partial charge in [0.2, 0.25) is 0 Å². The van der Waals surface area contributed by atoms with E-state index in [1.54, 1.807) is 68.5 Å². The summed E-state index contributed by atoms with van der Waals surface area (Å²) in [4.78, 5) is 43.0. The molecule has 0 N–H and O–H groups in total. The number of hydrogen-bond donors (Lipinski definition) is 0. The summed E-state index contributed by atoms with van der Waals surface area (Å²) in [5, 5.41) is 11.5. The fourth-order valence-corrected chi connectivity index (χ4v) is 5.70. The van der Waals surface area contributed by atoms with E-state index in [-0.39, 0.29) is 23.6 Å². The normalized spacial score (nSPS) is 14.8. The first kappa shape index (κ1) is 27.6. The third-order valence-electron chi connectivity index (χ3n) is 6.52. The number of nitro groups is 1. The smallest absolute Gasteiger partial charge is 0.338 e. The zero-order valence-corrected chi connectivity index (χ0v) is 23.4. The van der Waals surface area contributed by atoms with E-state index in [1.807, 2.05) is 0 Å². The van der Waals surface area contributed by atoms with Gasteiger partial charge in [-0.2, -0.15) is 0 Å². The highest BCUT2D eigenvalue weighted by Gasteiger charge is 2.35. The van der Waals surface area contributed by atoms with Crippen molar-refractivity contribution in [2.45, 2.75) is 19.9 Å². The second-order valence-corrected chi connectivity index (χ2v) is 9.90. The Labute approximate surface area is 237 Å². The van der Waals surface area contributed by atoms with Crippen LogP contribution < -0.4 is 24.4 Å². The molecule has 210 valence electrons. The molecule has 2 aromatic carbocycles. The molecule has 0 aliphatic carbocycles. The number of para-hydroxylation sites is 1. The van der Waals surface area contributed by atoms with Gasteiger partial charge in [-0.15, -0.1) is 0 Å². The van der Waals surface area contributed by atoms with E-state index >= 15 is 0 Å². The Bertz CT molecular complexity index is 1880. The third-order valence-corrected chi connectivity index (χ3v) is 7.50. The highest BCUT2D eigenvalue weighted by atomic mass is 32.1. The summed E-state index contributed by atoms with van der Waals surface area (Å²) in [6.45, 7) is 3.54. The number of benzene rings is 2. The molecule has 5 rings (SSSR count). The van der Waals surface area contributed by atoms with E-state index < -0.39 is 22.5 Å². The van der Waals surface area contributed by atoms with E-state index in [1.165, 1.54) is 24.9 Å². The second-order valence-electron chi connectivity index (χ2n) is 8.89. The van der Waals surface area contributed by atoms with Crippen molar-refractivity contribution in [1.82, 2.24) is 4.57 Å². The Hall–Kier alpha value is -4.97. The van der Waals surface area contributed by atoms with Gasteiger partial charge in [-0.05, 0) is 44.2 Å². The molecule has 0 bridgehead atoms. The van der Waals surface area contributed by atoms with Gasteiger partial charge in [-0.3, -0.25) is 19.5 Å². The van der Waals surface area contributed by atoms with E-state index in [2.05, 4.69) is 4.99 Å². The number of nitro benzene ring substituents is 1. The maximum atomic E-state index is 13.9. The summed E-state index contributed by atoms with van der Waals surface area (Å²) in [5.41, 5.74) is 0.995. The predicted octanol–water partition coefficient (Wildman–Crippen LogP) is 3.98. The molecule has 0 radical (unpaired) electrons. The zero-order chi connectivity index (χ0) is 29.3. The van der Waals surface area contributed by atoms with Crippen molar-refractivity contribution in [1.29, 1.82) is 0 Å². The van der Waals surface area contributed by atoms with Crippen molar-refractivity contribution < 1.29 is 28.3 Å².